The Morgan fingerprint density at radius 2 is 2.22 bits per heavy atom. The Morgan fingerprint density at radius 3 is 2.96 bits per heavy atom. The number of nitriles is 1. The number of rotatable bonds is 4. The van der Waals surface area contributed by atoms with Crippen LogP contribution in [0.5, 0.6) is 11.5 Å². The summed E-state index contributed by atoms with van der Waals surface area (Å²) < 4.78 is 13.7. The van der Waals surface area contributed by atoms with E-state index in [9.17, 15) is 5.26 Å². The molecule has 3 aromatic rings. The molecule has 5 heteroatoms. The standard InChI is InChI=1S/C22H21N3O2/c1-4-26-20-11-15-9-14(2)27-21(15)12-16(20)10-17(13-23)22-24-18-7-5-6-8-19(18)25(22)3/h5-8,10-12,14H,4,9H2,1-3H3. The van der Waals surface area contributed by atoms with Crippen molar-refractivity contribution in [1.29, 1.82) is 5.26 Å². The molecular weight excluding hydrogens is 338 g/mol. The Balaban J connectivity index is 1.84. The second kappa shape index (κ2) is 6.81. The number of imidazole rings is 1. The predicted molar refractivity (Wildman–Crippen MR) is 106 cm³/mol. The molecule has 0 bridgehead atoms. The molecule has 1 aliphatic heterocycles. The smallest absolute Gasteiger partial charge is 0.151 e. The molecule has 136 valence electrons. The van der Waals surface area contributed by atoms with E-state index in [-0.39, 0.29) is 6.10 Å². The van der Waals surface area contributed by atoms with Crippen LogP contribution in [0.25, 0.3) is 22.7 Å². The highest BCUT2D eigenvalue weighted by Gasteiger charge is 2.22. The maximum absolute atomic E-state index is 9.80. The van der Waals surface area contributed by atoms with Crippen LogP contribution in [0.2, 0.25) is 0 Å². The van der Waals surface area contributed by atoms with Crippen LogP contribution in [0, 0.1) is 11.3 Å². The van der Waals surface area contributed by atoms with Crippen molar-refractivity contribution in [3.8, 4) is 17.6 Å². The van der Waals surface area contributed by atoms with E-state index in [1.165, 1.54) is 0 Å². The minimum atomic E-state index is 0.156. The minimum absolute atomic E-state index is 0.156. The van der Waals surface area contributed by atoms with Crippen molar-refractivity contribution in [2.24, 2.45) is 7.05 Å². The third-order valence-electron chi connectivity index (χ3n) is 4.78. The van der Waals surface area contributed by atoms with Crippen LogP contribution in [0.4, 0.5) is 0 Å². The van der Waals surface area contributed by atoms with Gasteiger partial charge >= 0.3 is 0 Å². The molecule has 27 heavy (non-hydrogen) atoms. The van der Waals surface area contributed by atoms with E-state index in [2.05, 4.69) is 18.0 Å². The second-order valence-corrected chi connectivity index (χ2v) is 6.72. The van der Waals surface area contributed by atoms with Gasteiger partial charge in [0.25, 0.3) is 0 Å². The van der Waals surface area contributed by atoms with Gasteiger partial charge in [-0.15, -0.1) is 0 Å². The van der Waals surface area contributed by atoms with Gasteiger partial charge in [0, 0.05) is 24.6 Å². The molecule has 0 saturated carbocycles. The lowest BCUT2D eigenvalue weighted by Crippen LogP contribution is -2.05. The van der Waals surface area contributed by atoms with Crippen LogP contribution in [0.15, 0.2) is 36.4 Å². The van der Waals surface area contributed by atoms with Gasteiger partial charge in [-0.1, -0.05) is 12.1 Å². The van der Waals surface area contributed by atoms with Crippen LogP contribution >= 0.6 is 0 Å². The predicted octanol–water partition coefficient (Wildman–Crippen LogP) is 4.36. The van der Waals surface area contributed by atoms with Crippen LogP contribution < -0.4 is 9.47 Å². The normalized spacial score (nSPS) is 16.1. The lowest BCUT2D eigenvalue weighted by molar-refractivity contribution is 0.254. The summed E-state index contributed by atoms with van der Waals surface area (Å²) in [5.74, 6) is 2.26. The summed E-state index contributed by atoms with van der Waals surface area (Å²) in [6.07, 6.45) is 2.86. The van der Waals surface area contributed by atoms with Gasteiger partial charge in [0.15, 0.2) is 5.82 Å². The van der Waals surface area contributed by atoms with E-state index in [0.717, 1.165) is 40.1 Å². The average Bonchev–Trinajstić information content (AvgIpc) is 3.19. The highest BCUT2D eigenvalue weighted by atomic mass is 16.5. The Labute approximate surface area is 158 Å². The van der Waals surface area contributed by atoms with Crippen molar-refractivity contribution >= 4 is 22.7 Å². The third kappa shape index (κ3) is 3.04. The molecule has 0 fully saturated rings. The van der Waals surface area contributed by atoms with Gasteiger partial charge in [-0.3, -0.25) is 0 Å². The molecule has 1 unspecified atom stereocenters. The van der Waals surface area contributed by atoms with Crippen LogP contribution in [0.1, 0.15) is 30.8 Å². The number of aromatic nitrogens is 2. The Morgan fingerprint density at radius 1 is 1.41 bits per heavy atom. The maximum Gasteiger partial charge on any atom is 0.151 e. The topological polar surface area (TPSA) is 60.1 Å². The lowest BCUT2D eigenvalue weighted by atomic mass is 10.0. The van der Waals surface area contributed by atoms with Crippen molar-refractivity contribution < 1.29 is 9.47 Å². The van der Waals surface area contributed by atoms with Gasteiger partial charge in [0.1, 0.15) is 23.7 Å². The number of para-hydroxylation sites is 2. The molecule has 0 aliphatic carbocycles. The zero-order valence-electron chi connectivity index (χ0n) is 15.7. The first-order valence-electron chi connectivity index (χ1n) is 9.10. The van der Waals surface area contributed by atoms with E-state index < -0.39 is 0 Å². The van der Waals surface area contributed by atoms with Gasteiger partial charge < -0.3 is 14.0 Å². The monoisotopic (exact) mass is 359 g/mol. The summed E-state index contributed by atoms with van der Waals surface area (Å²) >= 11 is 0. The van der Waals surface area contributed by atoms with Gasteiger partial charge in [-0.2, -0.15) is 5.26 Å². The molecule has 0 spiro atoms. The first-order valence-corrected chi connectivity index (χ1v) is 9.10. The van der Waals surface area contributed by atoms with E-state index in [1.54, 1.807) is 0 Å². The van der Waals surface area contributed by atoms with E-state index in [0.29, 0.717) is 18.0 Å². The summed E-state index contributed by atoms with van der Waals surface area (Å²) in [4.78, 5) is 4.64. The zero-order valence-corrected chi connectivity index (χ0v) is 15.7. The van der Waals surface area contributed by atoms with Crippen LogP contribution in [0.3, 0.4) is 0 Å². The highest BCUT2D eigenvalue weighted by Crippen LogP contribution is 2.37. The molecule has 2 aromatic carbocycles. The molecule has 5 nitrogen and oxygen atoms in total. The lowest BCUT2D eigenvalue weighted by Gasteiger charge is -2.10. The molecular formula is C22H21N3O2. The van der Waals surface area contributed by atoms with Crippen LogP contribution in [-0.4, -0.2) is 22.3 Å². The molecule has 1 atom stereocenters. The maximum atomic E-state index is 9.80. The van der Waals surface area contributed by atoms with E-state index >= 15 is 0 Å². The molecule has 1 aromatic heterocycles. The quantitative estimate of drug-likeness (QED) is 0.650. The third-order valence-corrected chi connectivity index (χ3v) is 4.78. The van der Waals surface area contributed by atoms with Crippen molar-refractivity contribution in [2.75, 3.05) is 6.61 Å². The number of allylic oxidation sites excluding steroid dienone is 1. The summed E-state index contributed by atoms with van der Waals surface area (Å²) in [6.45, 7) is 4.57. The Hall–Kier alpha value is -3.26. The second-order valence-electron chi connectivity index (χ2n) is 6.72. The fourth-order valence-electron chi connectivity index (χ4n) is 3.54. The molecule has 1 aliphatic rings. The highest BCUT2D eigenvalue weighted by molar-refractivity contribution is 5.92. The van der Waals surface area contributed by atoms with E-state index in [4.69, 9.17) is 9.47 Å². The Kier molecular flexibility index (Phi) is 4.33. The van der Waals surface area contributed by atoms with Crippen molar-refractivity contribution in [3.05, 3.63) is 53.3 Å². The fourth-order valence-corrected chi connectivity index (χ4v) is 3.54. The number of ether oxygens (including phenoxy) is 2. The largest absolute Gasteiger partial charge is 0.493 e. The molecule has 0 saturated heterocycles. The number of benzene rings is 2. The molecule has 0 radical (unpaired) electrons. The fraction of sp³-hybridized carbons (Fsp3) is 0.273. The number of hydrogen-bond acceptors (Lipinski definition) is 4. The molecule has 2 heterocycles. The minimum Gasteiger partial charge on any atom is -0.493 e. The number of fused-ring (bicyclic) bond motifs is 2. The SMILES string of the molecule is CCOc1cc2c(cc1C=C(C#N)c1nc3ccccc3n1C)OC(C)C2. The van der Waals surface area contributed by atoms with Crippen molar-refractivity contribution in [1.82, 2.24) is 9.55 Å². The van der Waals surface area contributed by atoms with Crippen LogP contribution in [-0.2, 0) is 13.5 Å². The van der Waals surface area contributed by atoms with Gasteiger partial charge in [-0.25, -0.2) is 4.98 Å². The summed E-state index contributed by atoms with van der Waals surface area (Å²) in [6, 6.07) is 14.1. The first kappa shape index (κ1) is 17.2. The summed E-state index contributed by atoms with van der Waals surface area (Å²) in [5.41, 5.74) is 4.32. The number of hydrogen-bond donors (Lipinski definition) is 0. The average molecular weight is 359 g/mol. The number of aryl methyl sites for hydroxylation is 1. The van der Waals surface area contributed by atoms with Crippen molar-refractivity contribution in [3.63, 3.8) is 0 Å². The summed E-state index contributed by atoms with van der Waals surface area (Å²) in [7, 11) is 1.92. The Bertz CT molecular complexity index is 1090. The first-order chi connectivity index (χ1) is 13.1. The van der Waals surface area contributed by atoms with Crippen molar-refractivity contribution in [2.45, 2.75) is 26.4 Å². The molecule has 0 amide bonds. The van der Waals surface area contributed by atoms with Gasteiger partial charge in [0.05, 0.1) is 23.2 Å². The van der Waals surface area contributed by atoms with E-state index in [1.807, 2.05) is 61.0 Å². The molecule has 4 rings (SSSR count). The zero-order chi connectivity index (χ0) is 19.0. The summed E-state index contributed by atoms with van der Waals surface area (Å²) in [5, 5.41) is 9.80. The van der Waals surface area contributed by atoms with Gasteiger partial charge in [-0.05, 0) is 44.2 Å². The van der Waals surface area contributed by atoms with Gasteiger partial charge in [0.2, 0.25) is 0 Å². The molecule has 0 N–H and O–H groups in total. The number of nitrogens with zero attached hydrogens (tertiary/aromatic N) is 3.